The largest absolute Gasteiger partial charge is 0.466 e. The van der Waals surface area contributed by atoms with Crippen molar-refractivity contribution < 1.29 is 32.8 Å². The first kappa shape index (κ1) is 22.1. The van der Waals surface area contributed by atoms with Crippen LogP contribution in [-0.4, -0.2) is 47.9 Å². The molecule has 0 radical (unpaired) electrons. The third-order valence-electron chi connectivity index (χ3n) is 5.08. The van der Waals surface area contributed by atoms with E-state index in [1.165, 1.54) is 0 Å². The fourth-order valence-corrected chi connectivity index (χ4v) is 3.56. The van der Waals surface area contributed by atoms with Gasteiger partial charge in [0.1, 0.15) is 18.1 Å². The summed E-state index contributed by atoms with van der Waals surface area (Å²) in [4.78, 5) is 41.5. The molecule has 3 aromatic rings. The van der Waals surface area contributed by atoms with Crippen molar-refractivity contribution in [3.8, 4) is 11.3 Å². The van der Waals surface area contributed by atoms with E-state index in [0.29, 0.717) is 33.9 Å². The normalized spacial score (nSPS) is 13.6. The van der Waals surface area contributed by atoms with E-state index in [4.69, 9.17) is 18.4 Å². The van der Waals surface area contributed by atoms with Gasteiger partial charge >= 0.3 is 18.0 Å². The van der Waals surface area contributed by atoms with Crippen molar-refractivity contribution in [2.75, 3.05) is 19.8 Å². The quantitative estimate of drug-likeness (QED) is 0.537. The maximum absolute atomic E-state index is 13.1. The Morgan fingerprint density at radius 3 is 2.64 bits per heavy atom. The van der Waals surface area contributed by atoms with Gasteiger partial charge in [0.2, 0.25) is 0 Å². The molecule has 0 aromatic carbocycles. The molecule has 0 saturated carbocycles. The highest BCUT2D eigenvalue weighted by molar-refractivity contribution is 6.04. The number of rotatable bonds is 6. The van der Waals surface area contributed by atoms with E-state index < -0.39 is 18.0 Å². The molecule has 2 N–H and O–H groups in total. The molecule has 1 aliphatic rings. The number of urea groups is 1. The summed E-state index contributed by atoms with van der Waals surface area (Å²) in [5.74, 6) is 0.0283. The van der Waals surface area contributed by atoms with Gasteiger partial charge in [-0.2, -0.15) is 0 Å². The smallest absolute Gasteiger partial charge is 0.339 e. The zero-order valence-electron chi connectivity index (χ0n) is 18.5. The maximum Gasteiger partial charge on any atom is 0.339 e. The molecular formula is C22H22N4O7. The molecule has 0 fully saturated rings. The van der Waals surface area contributed by atoms with Crippen molar-refractivity contribution in [3.63, 3.8) is 0 Å². The van der Waals surface area contributed by atoms with Gasteiger partial charge in [-0.1, -0.05) is 5.16 Å². The Hall–Kier alpha value is -4.15. The first-order chi connectivity index (χ1) is 15.8. The Morgan fingerprint density at radius 1 is 1.15 bits per heavy atom. The predicted octanol–water partition coefficient (Wildman–Crippen LogP) is 2.69. The van der Waals surface area contributed by atoms with E-state index in [-0.39, 0.29) is 42.3 Å². The van der Waals surface area contributed by atoms with E-state index in [1.54, 1.807) is 26.8 Å². The summed E-state index contributed by atoms with van der Waals surface area (Å²) in [6, 6.07) is 2.87. The zero-order valence-corrected chi connectivity index (χ0v) is 18.5. The van der Waals surface area contributed by atoms with Crippen LogP contribution in [0.2, 0.25) is 0 Å². The van der Waals surface area contributed by atoms with Crippen molar-refractivity contribution in [1.29, 1.82) is 0 Å². The summed E-state index contributed by atoms with van der Waals surface area (Å²) in [5.41, 5.74) is 2.33. The Balaban J connectivity index is 1.68. The molecule has 2 amide bonds. The Morgan fingerprint density at radius 2 is 1.94 bits per heavy atom. The predicted molar refractivity (Wildman–Crippen MR) is 114 cm³/mol. The lowest BCUT2D eigenvalue weighted by Gasteiger charge is -2.21. The molecule has 0 saturated heterocycles. The van der Waals surface area contributed by atoms with Gasteiger partial charge in [0.15, 0.2) is 0 Å². The third-order valence-corrected chi connectivity index (χ3v) is 5.08. The molecule has 4 rings (SSSR count). The third kappa shape index (κ3) is 4.29. The van der Waals surface area contributed by atoms with Crippen LogP contribution in [0.1, 0.15) is 34.5 Å². The number of fused-ring (bicyclic) bond motifs is 1. The number of furan rings is 1. The number of hydrogen-bond acceptors (Lipinski definition) is 9. The topological polar surface area (TPSA) is 146 Å². The van der Waals surface area contributed by atoms with Gasteiger partial charge in [-0.15, -0.1) is 0 Å². The zero-order chi connectivity index (χ0) is 23.7. The van der Waals surface area contributed by atoms with Crippen LogP contribution < -0.4 is 10.6 Å². The number of pyridine rings is 1. The molecule has 0 bridgehead atoms. The molecule has 0 spiro atoms. The lowest BCUT2D eigenvalue weighted by Crippen LogP contribution is -2.45. The fraction of sp³-hybridized carbons (Fsp3) is 0.318. The number of carbonyl (C=O) groups is 3. The average molecular weight is 454 g/mol. The van der Waals surface area contributed by atoms with Crippen LogP contribution in [0.4, 0.5) is 4.79 Å². The van der Waals surface area contributed by atoms with Crippen molar-refractivity contribution in [3.05, 3.63) is 46.2 Å². The minimum Gasteiger partial charge on any atom is -0.466 e. The molecule has 33 heavy (non-hydrogen) atoms. The molecule has 1 aliphatic heterocycles. The number of nitrogens with one attached hydrogen (secondary N) is 2. The Labute approximate surface area is 188 Å². The first-order valence-electron chi connectivity index (χ1n) is 10.2. The van der Waals surface area contributed by atoms with E-state index in [0.717, 1.165) is 0 Å². The van der Waals surface area contributed by atoms with E-state index in [1.807, 2.05) is 13.0 Å². The number of carbonyl (C=O) groups excluding carboxylic acids is 3. The molecule has 172 valence electrons. The van der Waals surface area contributed by atoms with Crippen LogP contribution in [-0.2, 0) is 14.3 Å². The number of ether oxygens (including phenoxy) is 2. The van der Waals surface area contributed by atoms with Gasteiger partial charge < -0.3 is 29.0 Å². The van der Waals surface area contributed by atoms with Crippen LogP contribution in [0.3, 0.4) is 0 Å². The van der Waals surface area contributed by atoms with Gasteiger partial charge in [0.05, 0.1) is 46.8 Å². The second kappa shape index (κ2) is 8.77. The minimum absolute atomic E-state index is 0.0366. The standard InChI is InChI=1S/C22H22N4O7/c1-5-30-21(28)15-8-23-22(29)25-17(15)9-31-20(27)14-7-16(13-6-10(2)32-12(13)4)24-19-18(14)11(3)26-33-19/h6-7H,5,8-9H2,1-4H3,(H2,23,25,29). The summed E-state index contributed by atoms with van der Waals surface area (Å²) in [5, 5.41) is 9.32. The summed E-state index contributed by atoms with van der Waals surface area (Å²) in [6.45, 7) is 6.75. The van der Waals surface area contributed by atoms with Crippen molar-refractivity contribution in [1.82, 2.24) is 20.8 Å². The van der Waals surface area contributed by atoms with Crippen LogP contribution >= 0.6 is 0 Å². The lowest BCUT2D eigenvalue weighted by molar-refractivity contribution is -0.138. The minimum atomic E-state index is -0.698. The number of esters is 2. The van der Waals surface area contributed by atoms with Crippen LogP contribution in [0.5, 0.6) is 0 Å². The molecule has 0 unspecified atom stereocenters. The molecular weight excluding hydrogens is 432 g/mol. The van der Waals surface area contributed by atoms with E-state index in [2.05, 4.69) is 20.8 Å². The first-order valence-corrected chi connectivity index (χ1v) is 10.2. The number of nitrogens with zero attached hydrogens (tertiary/aromatic N) is 2. The monoisotopic (exact) mass is 454 g/mol. The van der Waals surface area contributed by atoms with Crippen molar-refractivity contribution >= 4 is 29.1 Å². The lowest BCUT2D eigenvalue weighted by atomic mass is 10.1. The van der Waals surface area contributed by atoms with Gasteiger partial charge in [-0.3, -0.25) is 0 Å². The van der Waals surface area contributed by atoms with Gasteiger partial charge in [0.25, 0.3) is 5.71 Å². The highest BCUT2D eigenvalue weighted by Gasteiger charge is 2.26. The molecule has 4 heterocycles. The number of aryl methyl sites for hydroxylation is 3. The van der Waals surface area contributed by atoms with Gasteiger partial charge in [-0.25, -0.2) is 19.4 Å². The average Bonchev–Trinajstić information content (AvgIpc) is 3.32. The van der Waals surface area contributed by atoms with E-state index >= 15 is 0 Å². The van der Waals surface area contributed by atoms with Gasteiger partial charge in [-0.05, 0) is 39.8 Å². The number of hydrogen-bond donors (Lipinski definition) is 2. The SMILES string of the molecule is CCOC(=O)C1=C(COC(=O)c2cc(-c3cc(C)oc3C)nc3onc(C)c23)NC(=O)NC1. The maximum atomic E-state index is 13.1. The van der Waals surface area contributed by atoms with Crippen LogP contribution in [0, 0.1) is 20.8 Å². The number of amides is 2. The second-order valence-corrected chi connectivity index (χ2v) is 7.39. The summed E-state index contributed by atoms with van der Waals surface area (Å²) in [6.07, 6.45) is 0. The Kier molecular flexibility index (Phi) is 5.86. The molecule has 0 aliphatic carbocycles. The summed E-state index contributed by atoms with van der Waals surface area (Å²) >= 11 is 0. The highest BCUT2D eigenvalue weighted by Crippen LogP contribution is 2.30. The molecule has 11 heteroatoms. The van der Waals surface area contributed by atoms with Gasteiger partial charge in [0, 0.05) is 5.56 Å². The Bertz CT molecular complexity index is 1300. The fourth-order valence-electron chi connectivity index (χ4n) is 3.56. The second-order valence-electron chi connectivity index (χ2n) is 7.39. The summed E-state index contributed by atoms with van der Waals surface area (Å²) in [7, 11) is 0. The molecule has 0 atom stereocenters. The summed E-state index contributed by atoms with van der Waals surface area (Å²) < 4.78 is 21.4. The highest BCUT2D eigenvalue weighted by atomic mass is 16.5. The van der Waals surface area contributed by atoms with Crippen LogP contribution in [0.25, 0.3) is 22.4 Å². The molecule has 11 nitrogen and oxygen atoms in total. The van der Waals surface area contributed by atoms with E-state index in [9.17, 15) is 14.4 Å². The molecule has 3 aromatic heterocycles. The van der Waals surface area contributed by atoms with Crippen LogP contribution in [0.15, 0.2) is 32.3 Å². The number of aromatic nitrogens is 2. The van der Waals surface area contributed by atoms with Crippen molar-refractivity contribution in [2.45, 2.75) is 27.7 Å². The van der Waals surface area contributed by atoms with Crippen molar-refractivity contribution in [2.24, 2.45) is 0 Å².